The number of benzene rings is 1. The van der Waals surface area contributed by atoms with Crippen LogP contribution in [0, 0.1) is 5.92 Å². The zero-order valence-electron chi connectivity index (χ0n) is 12.6. The molecule has 0 fully saturated rings. The average molecular weight is 287 g/mol. The van der Waals surface area contributed by atoms with Crippen LogP contribution >= 0.6 is 11.3 Å². The van der Waals surface area contributed by atoms with E-state index in [1.165, 1.54) is 21.7 Å². The number of thiophene rings is 1. The SMILES string of the molecule is CCNCC(Cc1ccccc1)Cc1ccc(CC)s1. The summed E-state index contributed by atoms with van der Waals surface area (Å²) < 4.78 is 0. The topological polar surface area (TPSA) is 12.0 Å². The Morgan fingerprint density at radius 2 is 1.70 bits per heavy atom. The van der Waals surface area contributed by atoms with Crippen LogP contribution in [0.2, 0.25) is 0 Å². The summed E-state index contributed by atoms with van der Waals surface area (Å²) in [6, 6.07) is 15.4. The van der Waals surface area contributed by atoms with Crippen molar-refractivity contribution >= 4 is 11.3 Å². The molecule has 1 N–H and O–H groups in total. The van der Waals surface area contributed by atoms with Crippen LogP contribution < -0.4 is 5.32 Å². The smallest absolute Gasteiger partial charge is 0.00515 e. The molecular weight excluding hydrogens is 262 g/mol. The first-order valence-corrected chi connectivity index (χ1v) is 8.45. The Hall–Kier alpha value is -1.12. The van der Waals surface area contributed by atoms with Gasteiger partial charge >= 0.3 is 0 Å². The highest BCUT2D eigenvalue weighted by molar-refractivity contribution is 7.11. The third-order valence-corrected chi connectivity index (χ3v) is 4.86. The van der Waals surface area contributed by atoms with Gasteiger partial charge in [-0.05, 0) is 56.0 Å². The van der Waals surface area contributed by atoms with E-state index in [0.29, 0.717) is 5.92 Å². The van der Waals surface area contributed by atoms with Crippen LogP contribution in [-0.4, -0.2) is 13.1 Å². The highest BCUT2D eigenvalue weighted by Crippen LogP contribution is 2.22. The van der Waals surface area contributed by atoms with Crippen molar-refractivity contribution in [2.24, 2.45) is 5.92 Å². The summed E-state index contributed by atoms with van der Waals surface area (Å²) >= 11 is 1.98. The molecule has 0 saturated carbocycles. The van der Waals surface area contributed by atoms with E-state index < -0.39 is 0 Å². The van der Waals surface area contributed by atoms with E-state index in [2.05, 4.69) is 61.6 Å². The molecule has 1 aromatic heterocycles. The van der Waals surface area contributed by atoms with Crippen molar-refractivity contribution in [2.45, 2.75) is 33.1 Å². The molecule has 20 heavy (non-hydrogen) atoms. The van der Waals surface area contributed by atoms with Crippen molar-refractivity contribution in [3.05, 3.63) is 57.8 Å². The summed E-state index contributed by atoms with van der Waals surface area (Å²) in [7, 11) is 0. The predicted molar refractivity (Wildman–Crippen MR) is 89.6 cm³/mol. The lowest BCUT2D eigenvalue weighted by Gasteiger charge is -2.16. The first-order chi connectivity index (χ1) is 9.81. The van der Waals surface area contributed by atoms with Crippen LogP contribution in [0.1, 0.15) is 29.2 Å². The second kappa shape index (κ2) is 8.23. The lowest BCUT2D eigenvalue weighted by atomic mass is 9.95. The number of nitrogens with one attached hydrogen (secondary N) is 1. The molecule has 2 heteroatoms. The van der Waals surface area contributed by atoms with E-state index in [0.717, 1.165) is 25.9 Å². The fraction of sp³-hybridized carbons (Fsp3) is 0.444. The minimum absolute atomic E-state index is 0.681. The van der Waals surface area contributed by atoms with E-state index in [-0.39, 0.29) is 0 Å². The molecule has 1 unspecified atom stereocenters. The van der Waals surface area contributed by atoms with E-state index in [9.17, 15) is 0 Å². The standard InChI is InChI=1S/C18H25NS/c1-3-17-10-11-18(20-17)13-16(14-19-4-2)12-15-8-6-5-7-9-15/h5-11,16,19H,3-4,12-14H2,1-2H3. The van der Waals surface area contributed by atoms with Gasteiger partial charge in [-0.1, -0.05) is 44.2 Å². The van der Waals surface area contributed by atoms with Crippen molar-refractivity contribution in [1.82, 2.24) is 5.32 Å². The van der Waals surface area contributed by atoms with Gasteiger partial charge in [0.25, 0.3) is 0 Å². The van der Waals surface area contributed by atoms with Crippen LogP contribution in [0.4, 0.5) is 0 Å². The van der Waals surface area contributed by atoms with Gasteiger partial charge < -0.3 is 5.32 Å². The third-order valence-electron chi connectivity index (χ3n) is 3.61. The van der Waals surface area contributed by atoms with E-state index in [1.807, 2.05) is 11.3 Å². The molecule has 0 amide bonds. The van der Waals surface area contributed by atoms with Gasteiger partial charge in [0.15, 0.2) is 0 Å². The molecule has 0 saturated heterocycles. The van der Waals surface area contributed by atoms with Crippen molar-refractivity contribution in [3.8, 4) is 0 Å². The first kappa shape index (κ1) is 15.3. The predicted octanol–water partition coefficient (Wildman–Crippen LogP) is 4.32. The maximum atomic E-state index is 3.51. The Kier molecular flexibility index (Phi) is 6.28. The van der Waals surface area contributed by atoms with Gasteiger partial charge in [0, 0.05) is 9.75 Å². The Bertz CT molecular complexity index is 489. The molecule has 2 rings (SSSR count). The fourth-order valence-electron chi connectivity index (χ4n) is 2.52. The average Bonchev–Trinajstić information content (AvgIpc) is 2.93. The highest BCUT2D eigenvalue weighted by atomic mass is 32.1. The number of rotatable bonds is 8. The van der Waals surface area contributed by atoms with Crippen LogP contribution in [-0.2, 0) is 19.3 Å². The summed E-state index contributed by atoms with van der Waals surface area (Å²) in [5.41, 5.74) is 1.45. The number of hydrogen-bond donors (Lipinski definition) is 1. The molecule has 0 radical (unpaired) electrons. The zero-order valence-corrected chi connectivity index (χ0v) is 13.4. The molecule has 1 aromatic carbocycles. The van der Waals surface area contributed by atoms with Crippen LogP contribution in [0.15, 0.2) is 42.5 Å². The molecule has 0 aliphatic carbocycles. The molecule has 2 aromatic rings. The summed E-state index contributed by atoms with van der Waals surface area (Å²) in [6.07, 6.45) is 3.50. The Morgan fingerprint density at radius 3 is 2.35 bits per heavy atom. The van der Waals surface area contributed by atoms with Crippen molar-refractivity contribution < 1.29 is 0 Å². The Balaban J connectivity index is 1.99. The second-order valence-electron chi connectivity index (χ2n) is 5.29. The molecule has 1 heterocycles. The van der Waals surface area contributed by atoms with E-state index in [1.54, 1.807) is 0 Å². The quantitative estimate of drug-likeness (QED) is 0.762. The molecule has 0 spiro atoms. The molecule has 108 valence electrons. The normalized spacial score (nSPS) is 12.5. The van der Waals surface area contributed by atoms with Gasteiger partial charge in [-0.15, -0.1) is 11.3 Å². The molecular formula is C18H25NS. The van der Waals surface area contributed by atoms with Gasteiger partial charge in [-0.3, -0.25) is 0 Å². The third kappa shape index (κ3) is 4.77. The molecule has 0 bridgehead atoms. The molecule has 1 nitrogen and oxygen atoms in total. The summed E-state index contributed by atoms with van der Waals surface area (Å²) in [4.78, 5) is 3.03. The fourth-order valence-corrected chi connectivity index (χ4v) is 3.59. The molecule has 1 atom stereocenters. The van der Waals surface area contributed by atoms with Gasteiger partial charge in [-0.25, -0.2) is 0 Å². The summed E-state index contributed by atoms with van der Waals surface area (Å²) in [5.74, 6) is 0.681. The lowest BCUT2D eigenvalue weighted by Crippen LogP contribution is -2.25. The Morgan fingerprint density at radius 1 is 0.950 bits per heavy atom. The lowest BCUT2D eigenvalue weighted by molar-refractivity contribution is 0.481. The molecule has 0 aliphatic heterocycles. The van der Waals surface area contributed by atoms with Gasteiger partial charge in [0.05, 0.1) is 0 Å². The van der Waals surface area contributed by atoms with Crippen LogP contribution in [0.3, 0.4) is 0 Å². The van der Waals surface area contributed by atoms with Crippen molar-refractivity contribution in [1.29, 1.82) is 0 Å². The Labute approximate surface area is 127 Å². The minimum atomic E-state index is 0.681. The maximum absolute atomic E-state index is 3.51. The largest absolute Gasteiger partial charge is 0.317 e. The summed E-state index contributed by atoms with van der Waals surface area (Å²) in [5, 5.41) is 3.51. The van der Waals surface area contributed by atoms with Crippen molar-refractivity contribution in [3.63, 3.8) is 0 Å². The monoisotopic (exact) mass is 287 g/mol. The van der Waals surface area contributed by atoms with Crippen LogP contribution in [0.25, 0.3) is 0 Å². The highest BCUT2D eigenvalue weighted by Gasteiger charge is 2.12. The summed E-state index contributed by atoms with van der Waals surface area (Å²) in [6.45, 7) is 6.57. The van der Waals surface area contributed by atoms with Crippen LogP contribution in [0.5, 0.6) is 0 Å². The number of aryl methyl sites for hydroxylation is 1. The first-order valence-electron chi connectivity index (χ1n) is 7.64. The molecule has 0 aliphatic rings. The van der Waals surface area contributed by atoms with Gasteiger partial charge in [-0.2, -0.15) is 0 Å². The van der Waals surface area contributed by atoms with E-state index >= 15 is 0 Å². The number of hydrogen-bond acceptors (Lipinski definition) is 2. The van der Waals surface area contributed by atoms with Gasteiger partial charge in [0.2, 0.25) is 0 Å². The minimum Gasteiger partial charge on any atom is -0.317 e. The maximum Gasteiger partial charge on any atom is 0.00515 e. The van der Waals surface area contributed by atoms with Crippen molar-refractivity contribution in [2.75, 3.05) is 13.1 Å². The zero-order chi connectivity index (χ0) is 14.2. The second-order valence-corrected chi connectivity index (χ2v) is 6.54. The van der Waals surface area contributed by atoms with Gasteiger partial charge in [0.1, 0.15) is 0 Å². The van der Waals surface area contributed by atoms with E-state index in [4.69, 9.17) is 0 Å².